The van der Waals surface area contributed by atoms with Crippen molar-refractivity contribution in [3.05, 3.63) is 46.3 Å². The molecule has 8 heteroatoms. The molecule has 0 aliphatic carbocycles. The second-order valence-corrected chi connectivity index (χ2v) is 6.86. The summed E-state index contributed by atoms with van der Waals surface area (Å²) in [6, 6.07) is 4.36. The normalized spacial score (nSPS) is 18.4. The number of hydrogen-bond donors (Lipinski definition) is 1. The number of Topliss-reactive ketones (excluding diaryl/α,β-unsaturated/α-hetero) is 1. The van der Waals surface area contributed by atoms with Gasteiger partial charge in [0.25, 0.3) is 11.7 Å². The van der Waals surface area contributed by atoms with Gasteiger partial charge >= 0.3 is 0 Å². The molecule has 1 aromatic carbocycles. The molecule has 1 atom stereocenters. The van der Waals surface area contributed by atoms with E-state index in [0.717, 1.165) is 0 Å². The number of methoxy groups -OCH3 is 2. The third kappa shape index (κ3) is 3.14. The van der Waals surface area contributed by atoms with Crippen LogP contribution in [0.1, 0.15) is 35.5 Å². The number of carbonyl (C=O) groups excluding carboxylic acids is 2. The summed E-state index contributed by atoms with van der Waals surface area (Å²) in [5.74, 6) is -0.597. The highest BCUT2D eigenvalue weighted by Crippen LogP contribution is 2.44. The van der Waals surface area contributed by atoms with Crippen LogP contribution in [0.3, 0.4) is 0 Å². The minimum absolute atomic E-state index is 0.0163. The Bertz CT molecular complexity index is 1020. The second-order valence-electron chi connectivity index (χ2n) is 6.86. The van der Waals surface area contributed by atoms with Crippen molar-refractivity contribution in [2.24, 2.45) is 7.05 Å². The molecule has 1 saturated heterocycles. The van der Waals surface area contributed by atoms with E-state index >= 15 is 0 Å². The number of aromatic nitrogens is 2. The lowest BCUT2D eigenvalue weighted by Crippen LogP contribution is -2.29. The molecule has 8 nitrogen and oxygen atoms in total. The first-order valence-electron chi connectivity index (χ1n) is 9.27. The Morgan fingerprint density at radius 1 is 1.21 bits per heavy atom. The van der Waals surface area contributed by atoms with Gasteiger partial charge in [-0.2, -0.15) is 5.10 Å². The smallest absolute Gasteiger partial charge is 0.295 e. The van der Waals surface area contributed by atoms with Crippen LogP contribution in [0.5, 0.6) is 11.5 Å². The number of amides is 1. The van der Waals surface area contributed by atoms with E-state index in [-0.39, 0.29) is 17.9 Å². The van der Waals surface area contributed by atoms with E-state index in [1.54, 1.807) is 50.7 Å². The Labute approximate surface area is 169 Å². The Balaban J connectivity index is 2.33. The number of aliphatic hydroxyl groups is 1. The van der Waals surface area contributed by atoms with Crippen LogP contribution in [-0.2, 0) is 16.6 Å². The van der Waals surface area contributed by atoms with Crippen LogP contribution in [0, 0.1) is 13.8 Å². The molecule has 1 fully saturated rings. The average Bonchev–Trinajstić information content (AvgIpc) is 3.12. The molecule has 1 N–H and O–H groups in total. The summed E-state index contributed by atoms with van der Waals surface area (Å²) in [4.78, 5) is 27.1. The van der Waals surface area contributed by atoms with E-state index in [4.69, 9.17) is 9.47 Å². The maximum absolute atomic E-state index is 12.9. The molecule has 1 aliphatic heterocycles. The van der Waals surface area contributed by atoms with Gasteiger partial charge in [-0.25, -0.2) is 0 Å². The van der Waals surface area contributed by atoms with Crippen molar-refractivity contribution in [1.82, 2.24) is 14.7 Å². The zero-order chi connectivity index (χ0) is 21.5. The highest BCUT2D eigenvalue weighted by Gasteiger charge is 2.47. The molecule has 0 bridgehead atoms. The third-order valence-corrected chi connectivity index (χ3v) is 5.36. The SMILES string of the molecule is CCN1C(=O)C(=O)/C(=C(/O)c2c(C)nn(C)c2C)C1c1cc(OC)ccc1OC. The number of rotatable bonds is 5. The van der Waals surface area contributed by atoms with Crippen molar-refractivity contribution in [3.63, 3.8) is 0 Å². The minimum atomic E-state index is -0.802. The van der Waals surface area contributed by atoms with Gasteiger partial charge in [0, 0.05) is 24.8 Å². The van der Waals surface area contributed by atoms with Gasteiger partial charge in [0.15, 0.2) is 0 Å². The summed E-state index contributed by atoms with van der Waals surface area (Å²) in [5.41, 5.74) is 2.30. The number of ether oxygens (including phenoxy) is 2. The van der Waals surface area contributed by atoms with Crippen molar-refractivity contribution in [3.8, 4) is 11.5 Å². The van der Waals surface area contributed by atoms with Gasteiger partial charge in [0.2, 0.25) is 0 Å². The molecule has 1 unspecified atom stereocenters. The van der Waals surface area contributed by atoms with Gasteiger partial charge < -0.3 is 19.5 Å². The zero-order valence-corrected chi connectivity index (χ0v) is 17.4. The molecule has 3 rings (SSSR count). The summed E-state index contributed by atoms with van der Waals surface area (Å²) in [5, 5.41) is 15.5. The topological polar surface area (TPSA) is 93.9 Å². The molecule has 2 aromatic rings. The standard InChI is InChI=1S/C21H25N3O5/c1-7-24-18(14-10-13(28-5)8-9-15(14)29-6)17(20(26)21(24)27)19(25)16-11(2)22-23(4)12(16)3/h8-10,18,25H,7H2,1-6H3/b19-17+. The van der Waals surface area contributed by atoms with Crippen LogP contribution < -0.4 is 9.47 Å². The second kappa shape index (κ2) is 7.62. The lowest BCUT2D eigenvalue weighted by Gasteiger charge is -2.25. The van der Waals surface area contributed by atoms with Gasteiger partial charge in [-0.05, 0) is 39.0 Å². The molecule has 2 heterocycles. The first kappa shape index (κ1) is 20.4. The lowest BCUT2D eigenvalue weighted by atomic mass is 9.94. The first-order valence-corrected chi connectivity index (χ1v) is 9.27. The number of benzene rings is 1. The van der Waals surface area contributed by atoms with Crippen LogP contribution in [0.15, 0.2) is 23.8 Å². The first-order chi connectivity index (χ1) is 13.8. The van der Waals surface area contributed by atoms with Crippen LogP contribution in [0.25, 0.3) is 5.76 Å². The summed E-state index contributed by atoms with van der Waals surface area (Å²) in [6.45, 7) is 5.62. The van der Waals surface area contributed by atoms with Gasteiger partial charge in [0.05, 0.1) is 37.1 Å². The largest absolute Gasteiger partial charge is 0.507 e. The molecule has 29 heavy (non-hydrogen) atoms. The van der Waals surface area contributed by atoms with E-state index in [0.29, 0.717) is 34.0 Å². The number of aliphatic hydroxyl groups excluding tert-OH is 1. The zero-order valence-electron chi connectivity index (χ0n) is 17.4. The number of ketones is 1. The molecule has 0 spiro atoms. The monoisotopic (exact) mass is 399 g/mol. The number of aryl methyl sites for hydroxylation is 2. The van der Waals surface area contributed by atoms with Crippen molar-refractivity contribution in [2.45, 2.75) is 26.8 Å². The van der Waals surface area contributed by atoms with Crippen LogP contribution in [-0.4, -0.2) is 52.2 Å². The van der Waals surface area contributed by atoms with Gasteiger partial charge in [-0.15, -0.1) is 0 Å². The molecule has 0 radical (unpaired) electrons. The predicted octanol–water partition coefficient (Wildman–Crippen LogP) is 2.50. The summed E-state index contributed by atoms with van der Waals surface area (Å²) < 4.78 is 12.4. The van der Waals surface area contributed by atoms with Crippen molar-refractivity contribution >= 4 is 17.4 Å². The quantitative estimate of drug-likeness (QED) is 0.472. The average molecular weight is 399 g/mol. The number of likely N-dealkylation sites (tertiary alicyclic amines) is 1. The van der Waals surface area contributed by atoms with Crippen molar-refractivity contribution < 1.29 is 24.2 Å². The van der Waals surface area contributed by atoms with Gasteiger partial charge in [-0.3, -0.25) is 14.3 Å². The highest BCUT2D eigenvalue weighted by atomic mass is 16.5. The van der Waals surface area contributed by atoms with E-state index in [9.17, 15) is 14.7 Å². The van der Waals surface area contributed by atoms with E-state index in [1.165, 1.54) is 19.1 Å². The van der Waals surface area contributed by atoms with E-state index in [2.05, 4.69) is 5.10 Å². The highest BCUT2D eigenvalue weighted by molar-refractivity contribution is 6.46. The summed E-state index contributed by atoms with van der Waals surface area (Å²) >= 11 is 0. The number of nitrogens with zero attached hydrogens (tertiary/aromatic N) is 3. The molecule has 1 amide bonds. The Kier molecular flexibility index (Phi) is 5.37. The van der Waals surface area contributed by atoms with Gasteiger partial charge in [0.1, 0.15) is 17.3 Å². The molecule has 1 aromatic heterocycles. The fraction of sp³-hybridized carbons (Fsp3) is 0.381. The maximum atomic E-state index is 12.9. The van der Waals surface area contributed by atoms with Crippen LogP contribution in [0.2, 0.25) is 0 Å². The van der Waals surface area contributed by atoms with Crippen LogP contribution in [0.4, 0.5) is 0 Å². The van der Waals surface area contributed by atoms with E-state index in [1.807, 2.05) is 0 Å². The van der Waals surface area contributed by atoms with E-state index < -0.39 is 17.7 Å². The Hall–Kier alpha value is -3.29. The summed E-state index contributed by atoms with van der Waals surface area (Å²) in [6.07, 6.45) is 0. The van der Waals surface area contributed by atoms with Crippen LogP contribution >= 0.6 is 0 Å². The number of hydrogen-bond acceptors (Lipinski definition) is 6. The molecule has 1 aliphatic rings. The third-order valence-electron chi connectivity index (χ3n) is 5.36. The minimum Gasteiger partial charge on any atom is -0.507 e. The predicted molar refractivity (Wildman–Crippen MR) is 107 cm³/mol. The fourth-order valence-electron chi connectivity index (χ4n) is 3.83. The molecule has 154 valence electrons. The number of carbonyl (C=O) groups is 2. The maximum Gasteiger partial charge on any atom is 0.295 e. The Morgan fingerprint density at radius 2 is 1.90 bits per heavy atom. The Morgan fingerprint density at radius 3 is 2.41 bits per heavy atom. The van der Waals surface area contributed by atoms with Gasteiger partial charge in [-0.1, -0.05) is 0 Å². The lowest BCUT2D eigenvalue weighted by molar-refractivity contribution is -0.139. The molecular formula is C21H25N3O5. The molecule has 0 saturated carbocycles. The number of likely N-dealkylation sites (N-methyl/N-ethyl adjacent to an activating group) is 1. The van der Waals surface area contributed by atoms with Crippen molar-refractivity contribution in [2.75, 3.05) is 20.8 Å². The summed E-state index contributed by atoms with van der Waals surface area (Å²) in [7, 11) is 4.80. The van der Waals surface area contributed by atoms with Crippen molar-refractivity contribution in [1.29, 1.82) is 0 Å². The molecular weight excluding hydrogens is 374 g/mol. The fourth-order valence-corrected chi connectivity index (χ4v) is 3.83.